The van der Waals surface area contributed by atoms with Crippen LogP contribution in [0, 0.1) is 0 Å². The van der Waals surface area contributed by atoms with E-state index in [0.29, 0.717) is 32.1 Å². The van der Waals surface area contributed by atoms with Gasteiger partial charge in [0.15, 0.2) is 0 Å². The maximum absolute atomic E-state index is 12.7. The lowest BCUT2D eigenvalue weighted by Gasteiger charge is -2.37. The molecule has 0 aliphatic carbocycles. The second-order valence-corrected chi connectivity index (χ2v) is 6.73. The van der Waals surface area contributed by atoms with Crippen LogP contribution in [0.3, 0.4) is 0 Å². The molecule has 1 aromatic rings. The molecule has 3 rings (SSSR count). The summed E-state index contributed by atoms with van der Waals surface area (Å²) in [5.74, 6) is 0.523. The normalized spacial score (nSPS) is 21.8. The summed E-state index contributed by atoms with van der Waals surface area (Å²) in [6.45, 7) is 6.58. The summed E-state index contributed by atoms with van der Waals surface area (Å²) < 4.78 is 5.47. The van der Waals surface area contributed by atoms with Gasteiger partial charge >= 0.3 is 0 Å². The average molecular weight is 342 g/mol. The molecular formula is C20H26N2O3. The molecule has 0 saturated carbocycles. The Balaban J connectivity index is 1.53. The first kappa shape index (κ1) is 17.7. The van der Waals surface area contributed by atoms with Crippen LogP contribution in [0.4, 0.5) is 0 Å². The number of piperidine rings is 1. The lowest BCUT2D eigenvalue weighted by Crippen LogP contribution is -2.51. The van der Waals surface area contributed by atoms with Gasteiger partial charge in [0.2, 0.25) is 11.8 Å². The highest BCUT2D eigenvalue weighted by molar-refractivity contribution is 5.88. The van der Waals surface area contributed by atoms with Crippen molar-refractivity contribution in [2.45, 2.75) is 31.2 Å². The van der Waals surface area contributed by atoms with Crippen LogP contribution < -0.4 is 0 Å². The number of nitrogens with zero attached hydrogens (tertiary/aromatic N) is 2. The van der Waals surface area contributed by atoms with Gasteiger partial charge < -0.3 is 14.5 Å². The third-order valence-electron chi connectivity index (χ3n) is 5.21. The van der Waals surface area contributed by atoms with Crippen molar-refractivity contribution in [3.8, 4) is 0 Å². The maximum atomic E-state index is 12.7. The third-order valence-corrected chi connectivity index (χ3v) is 5.21. The van der Waals surface area contributed by atoms with Gasteiger partial charge in [0, 0.05) is 26.1 Å². The summed E-state index contributed by atoms with van der Waals surface area (Å²) in [4.78, 5) is 28.3. The molecule has 25 heavy (non-hydrogen) atoms. The summed E-state index contributed by atoms with van der Waals surface area (Å²) >= 11 is 0. The first-order valence-corrected chi connectivity index (χ1v) is 9.02. The number of benzene rings is 1. The van der Waals surface area contributed by atoms with Gasteiger partial charge in [-0.2, -0.15) is 0 Å². The van der Waals surface area contributed by atoms with Crippen molar-refractivity contribution in [2.24, 2.45) is 0 Å². The summed E-state index contributed by atoms with van der Waals surface area (Å²) in [5, 5.41) is 0. The Hall–Kier alpha value is -2.14. The van der Waals surface area contributed by atoms with E-state index >= 15 is 0 Å². The minimum Gasteiger partial charge on any atom is -0.377 e. The van der Waals surface area contributed by atoms with E-state index < -0.39 is 0 Å². The van der Waals surface area contributed by atoms with Crippen molar-refractivity contribution in [2.75, 3.05) is 32.8 Å². The molecule has 0 radical (unpaired) electrons. The van der Waals surface area contributed by atoms with E-state index in [4.69, 9.17) is 4.74 Å². The van der Waals surface area contributed by atoms with Gasteiger partial charge in [-0.15, -0.1) is 0 Å². The van der Waals surface area contributed by atoms with Crippen LogP contribution in [0.5, 0.6) is 0 Å². The maximum Gasteiger partial charge on any atom is 0.246 e. The standard InChI is InChI=1S/C20H26N2O3/c1-2-19(23)22-12-13-25-15-18(22)14-20(24)21-10-8-17(9-11-21)16-6-4-3-5-7-16/h2-7,17-18H,1,8-15H2. The third kappa shape index (κ3) is 4.28. The topological polar surface area (TPSA) is 49.9 Å². The summed E-state index contributed by atoms with van der Waals surface area (Å²) in [6.07, 6.45) is 3.63. The molecule has 0 bridgehead atoms. The number of carbonyl (C=O) groups excluding carboxylic acids is 2. The monoisotopic (exact) mass is 342 g/mol. The highest BCUT2D eigenvalue weighted by atomic mass is 16.5. The Labute approximate surface area is 149 Å². The molecule has 1 atom stereocenters. The van der Waals surface area contributed by atoms with Gasteiger partial charge in [0.25, 0.3) is 0 Å². The van der Waals surface area contributed by atoms with Crippen LogP contribution in [-0.4, -0.2) is 60.5 Å². The van der Waals surface area contributed by atoms with Gasteiger partial charge in [-0.3, -0.25) is 9.59 Å². The number of amides is 2. The fourth-order valence-corrected chi connectivity index (χ4v) is 3.75. The van der Waals surface area contributed by atoms with Gasteiger partial charge in [-0.1, -0.05) is 36.9 Å². The smallest absolute Gasteiger partial charge is 0.246 e. The molecule has 2 fully saturated rings. The predicted octanol–water partition coefficient (Wildman–Crippen LogP) is 2.20. The van der Waals surface area contributed by atoms with Crippen LogP contribution in [-0.2, 0) is 14.3 Å². The van der Waals surface area contributed by atoms with Gasteiger partial charge in [0.05, 0.1) is 19.3 Å². The van der Waals surface area contributed by atoms with Gasteiger partial charge in [-0.05, 0) is 30.4 Å². The van der Waals surface area contributed by atoms with Crippen molar-refractivity contribution < 1.29 is 14.3 Å². The number of morpholine rings is 1. The van der Waals surface area contributed by atoms with Crippen molar-refractivity contribution in [3.05, 3.63) is 48.6 Å². The number of hydrogen-bond donors (Lipinski definition) is 0. The Morgan fingerprint density at radius 2 is 1.88 bits per heavy atom. The van der Waals surface area contributed by atoms with Crippen molar-refractivity contribution in [1.82, 2.24) is 9.80 Å². The van der Waals surface area contributed by atoms with E-state index in [0.717, 1.165) is 25.9 Å². The van der Waals surface area contributed by atoms with E-state index in [-0.39, 0.29) is 17.9 Å². The molecule has 1 unspecified atom stereocenters. The first-order chi connectivity index (χ1) is 12.2. The Morgan fingerprint density at radius 3 is 2.56 bits per heavy atom. The number of carbonyl (C=O) groups is 2. The molecule has 2 aliphatic heterocycles. The lowest BCUT2D eigenvalue weighted by molar-refractivity contribution is -0.140. The second-order valence-electron chi connectivity index (χ2n) is 6.73. The van der Waals surface area contributed by atoms with Crippen molar-refractivity contribution in [1.29, 1.82) is 0 Å². The zero-order valence-corrected chi connectivity index (χ0v) is 14.6. The molecular weight excluding hydrogens is 316 g/mol. The van der Waals surface area contributed by atoms with Gasteiger partial charge in [-0.25, -0.2) is 0 Å². The fraction of sp³-hybridized carbons (Fsp3) is 0.500. The van der Waals surface area contributed by atoms with E-state index in [1.54, 1.807) is 4.90 Å². The largest absolute Gasteiger partial charge is 0.377 e. The molecule has 2 aliphatic rings. The molecule has 2 heterocycles. The molecule has 2 saturated heterocycles. The number of likely N-dealkylation sites (tertiary alicyclic amines) is 1. The van der Waals surface area contributed by atoms with E-state index in [1.165, 1.54) is 11.6 Å². The van der Waals surface area contributed by atoms with Crippen molar-refractivity contribution >= 4 is 11.8 Å². The summed E-state index contributed by atoms with van der Waals surface area (Å²) in [6, 6.07) is 10.3. The molecule has 2 amide bonds. The second kappa shape index (κ2) is 8.30. The Morgan fingerprint density at radius 1 is 1.16 bits per heavy atom. The molecule has 5 heteroatoms. The van der Waals surface area contributed by atoms with Crippen molar-refractivity contribution in [3.63, 3.8) is 0 Å². The van der Waals surface area contributed by atoms with Crippen LogP contribution >= 0.6 is 0 Å². The number of rotatable bonds is 4. The molecule has 0 N–H and O–H groups in total. The van der Waals surface area contributed by atoms with E-state index in [2.05, 4.69) is 30.8 Å². The van der Waals surface area contributed by atoms with Crippen LogP contribution in [0.1, 0.15) is 30.7 Å². The predicted molar refractivity (Wildman–Crippen MR) is 96.1 cm³/mol. The highest BCUT2D eigenvalue weighted by Crippen LogP contribution is 2.28. The molecule has 134 valence electrons. The number of hydrogen-bond acceptors (Lipinski definition) is 3. The van der Waals surface area contributed by atoms with Gasteiger partial charge in [0.1, 0.15) is 0 Å². The summed E-state index contributed by atoms with van der Waals surface area (Å²) in [5.41, 5.74) is 1.36. The first-order valence-electron chi connectivity index (χ1n) is 9.02. The zero-order valence-electron chi connectivity index (χ0n) is 14.6. The lowest BCUT2D eigenvalue weighted by atomic mass is 9.89. The van der Waals surface area contributed by atoms with E-state index in [1.807, 2.05) is 11.0 Å². The zero-order chi connectivity index (χ0) is 17.6. The Kier molecular flexibility index (Phi) is 5.87. The van der Waals surface area contributed by atoms with E-state index in [9.17, 15) is 9.59 Å². The SMILES string of the molecule is C=CC(=O)N1CCOCC1CC(=O)N1CCC(c2ccccc2)CC1. The highest BCUT2D eigenvalue weighted by Gasteiger charge is 2.31. The molecule has 0 aromatic heterocycles. The van der Waals surface area contributed by atoms with Crippen LogP contribution in [0.25, 0.3) is 0 Å². The van der Waals surface area contributed by atoms with Crippen LogP contribution in [0.15, 0.2) is 43.0 Å². The Bertz CT molecular complexity index is 609. The van der Waals surface area contributed by atoms with Crippen LogP contribution in [0.2, 0.25) is 0 Å². The minimum absolute atomic E-state index is 0.115. The molecule has 1 aromatic carbocycles. The minimum atomic E-state index is -0.182. The fourth-order valence-electron chi connectivity index (χ4n) is 3.75. The quantitative estimate of drug-likeness (QED) is 0.788. The molecule has 5 nitrogen and oxygen atoms in total. The molecule has 0 spiro atoms. The summed E-state index contributed by atoms with van der Waals surface area (Å²) in [7, 11) is 0. The average Bonchev–Trinajstić information content (AvgIpc) is 2.68. The number of ether oxygens (including phenoxy) is 1.